The fourth-order valence-corrected chi connectivity index (χ4v) is 2.76. The number of aliphatic hydroxyl groups is 1. The molecule has 0 aromatic heterocycles. The van der Waals surface area contributed by atoms with Crippen LogP contribution in [0.5, 0.6) is 0 Å². The second-order valence-electron chi connectivity index (χ2n) is 6.73. The van der Waals surface area contributed by atoms with Gasteiger partial charge < -0.3 is 5.11 Å². The van der Waals surface area contributed by atoms with E-state index in [1.165, 1.54) is 11.1 Å². The quantitative estimate of drug-likeness (QED) is 0.847. The summed E-state index contributed by atoms with van der Waals surface area (Å²) < 4.78 is 0. The Morgan fingerprint density at radius 2 is 1.90 bits per heavy atom. The minimum absolute atomic E-state index is 0.265. The average molecular weight is 273 g/mol. The van der Waals surface area contributed by atoms with Crippen LogP contribution in [-0.4, -0.2) is 29.3 Å². The molecule has 1 aromatic carbocycles. The Hall–Kier alpha value is -1.12. The minimum atomic E-state index is -0.326. The number of aryl methyl sites for hydroxylation is 1. The molecule has 20 heavy (non-hydrogen) atoms. The molecule has 0 radical (unpaired) electrons. The molecule has 2 heteroatoms. The first-order valence-corrected chi connectivity index (χ1v) is 7.62. The lowest BCUT2D eigenvalue weighted by Crippen LogP contribution is -2.39. The van der Waals surface area contributed by atoms with Crippen molar-refractivity contribution in [1.29, 1.82) is 0 Å². The Morgan fingerprint density at radius 1 is 1.20 bits per heavy atom. The SMILES string of the molecule is CC(C)(C)C1=CCN([C@H](O)CCc2ccccc2)CC1. The highest BCUT2D eigenvalue weighted by atomic mass is 16.3. The Balaban J connectivity index is 1.83. The molecule has 0 fully saturated rings. The number of hydrogen-bond acceptors (Lipinski definition) is 2. The van der Waals surface area contributed by atoms with E-state index >= 15 is 0 Å². The Morgan fingerprint density at radius 3 is 2.45 bits per heavy atom. The maximum atomic E-state index is 10.3. The molecule has 1 aliphatic rings. The summed E-state index contributed by atoms with van der Waals surface area (Å²) in [6.07, 6.45) is 4.80. The van der Waals surface area contributed by atoms with Gasteiger partial charge in [-0.05, 0) is 30.2 Å². The third-order valence-corrected chi connectivity index (χ3v) is 4.16. The van der Waals surface area contributed by atoms with Gasteiger partial charge in [-0.25, -0.2) is 0 Å². The van der Waals surface area contributed by atoms with E-state index in [0.29, 0.717) is 0 Å². The van der Waals surface area contributed by atoms with E-state index in [0.717, 1.165) is 32.4 Å². The lowest BCUT2D eigenvalue weighted by atomic mass is 9.83. The summed E-state index contributed by atoms with van der Waals surface area (Å²) in [7, 11) is 0. The van der Waals surface area contributed by atoms with Crippen LogP contribution < -0.4 is 0 Å². The van der Waals surface area contributed by atoms with Crippen molar-refractivity contribution in [3.63, 3.8) is 0 Å². The summed E-state index contributed by atoms with van der Waals surface area (Å²) in [5.74, 6) is 0. The van der Waals surface area contributed by atoms with Crippen LogP contribution in [0.2, 0.25) is 0 Å². The van der Waals surface area contributed by atoms with Crippen LogP contribution in [0.4, 0.5) is 0 Å². The Kier molecular flexibility index (Phi) is 5.00. The van der Waals surface area contributed by atoms with Crippen LogP contribution in [0.3, 0.4) is 0 Å². The monoisotopic (exact) mass is 273 g/mol. The number of benzene rings is 1. The van der Waals surface area contributed by atoms with Crippen molar-refractivity contribution in [3.8, 4) is 0 Å². The first kappa shape index (κ1) is 15.3. The molecule has 0 bridgehead atoms. The number of aliphatic hydroxyl groups excluding tert-OH is 1. The summed E-state index contributed by atoms with van der Waals surface area (Å²) in [5, 5.41) is 10.3. The lowest BCUT2D eigenvalue weighted by Gasteiger charge is -2.34. The standard InChI is InChI=1S/C18H27NO/c1-18(2,3)16-11-13-19(14-12-16)17(20)10-9-15-7-5-4-6-8-15/h4-8,11,17,20H,9-10,12-14H2,1-3H3/t17-/m1/s1. The summed E-state index contributed by atoms with van der Waals surface area (Å²) in [6.45, 7) is 8.64. The summed E-state index contributed by atoms with van der Waals surface area (Å²) in [5.41, 5.74) is 3.08. The zero-order valence-corrected chi connectivity index (χ0v) is 13.0. The molecule has 0 spiro atoms. The van der Waals surface area contributed by atoms with E-state index in [1.54, 1.807) is 0 Å². The van der Waals surface area contributed by atoms with Crippen LogP contribution in [0, 0.1) is 5.41 Å². The minimum Gasteiger partial charge on any atom is -0.378 e. The van der Waals surface area contributed by atoms with Gasteiger partial charge in [-0.3, -0.25) is 4.90 Å². The van der Waals surface area contributed by atoms with Gasteiger partial charge in [-0.2, -0.15) is 0 Å². The molecule has 2 nitrogen and oxygen atoms in total. The molecule has 1 atom stereocenters. The van der Waals surface area contributed by atoms with Crippen LogP contribution in [-0.2, 0) is 6.42 Å². The van der Waals surface area contributed by atoms with Crippen molar-refractivity contribution < 1.29 is 5.11 Å². The zero-order chi connectivity index (χ0) is 14.6. The molecule has 0 saturated heterocycles. The van der Waals surface area contributed by atoms with Crippen LogP contribution in [0.1, 0.15) is 39.2 Å². The fraction of sp³-hybridized carbons (Fsp3) is 0.556. The predicted octanol–water partition coefficient (Wildman–Crippen LogP) is 3.62. The zero-order valence-electron chi connectivity index (χ0n) is 13.0. The molecule has 0 unspecified atom stereocenters. The molecule has 1 heterocycles. The van der Waals surface area contributed by atoms with Crippen molar-refractivity contribution in [1.82, 2.24) is 4.90 Å². The molecule has 0 aliphatic carbocycles. The van der Waals surface area contributed by atoms with Crippen molar-refractivity contribution in [2.75, 3.05) is 13.1 Å². The van der Waals surface area contributed by atoms with E-state index in [-0.39, 0.29) is 11.6 Å². The molecule has 110 valence electrons. The topological polar surface area (TPSA) is 23.5 Å². The van der Waals surface area contributed by atoms with Gasteiger partial charge in [-0.1, -0.05) is 62.8 Å². The maximum Gasteiger partial charge on any atom is 0.107 e. The molecule has 1 aliphatic heterocycles. The van der Waals surface area contributed by atoms with Crippen LogP contribution in [0.15, 0.2) is 42.0 Å². The van der Waals surface area contributed by atoms with Crippen molar-refractivity contribution >= 4 is 0 Å². The largest absolute Gasteiger partial charge is 0.378 e. The fourth-order valence-electron chi connectivity index (χ4n) is 2.76. The molecule has 0 amide bonds. The number of nitrogens with zero attached hydrogens (tertiary/aromatic N) is 1. The highest BCUT2D eigenvalue weighted by molar-refractivity contribution is 5.16. The van der Waals surface area contributed by atoms with Crippen molar-refractivity contribution in [3.05, 3.63) is 47.5 Å². The van der Waals surface area contributed by atoms with E-state index in [4.69, 9.17) is 0 Å². The maximum absolute atomic E-state index is 10.3. The van der Waals surface area contributed by atoms with Crippen molar-refractivity contribution in [2.24, 2.45) is 5.41 Å². The molecule has 2 rings (SSSR count). The van der Waals surface area contributed by atoms with Gasteiger partial charge in [0.1, 0.15) is 6.23 Å². The van der Waals surface area contributed by atoms with Gasteiger partial charge in [0.15, 0.2) is 0 Å². The van der Waals surface area contributed by atoms with E-state index < -0.39 is 0 Å². The van der Waals surface area contributed by atoms with Gasteiger partial charge in [0.2, 0.25) is 0 Å². The van der Waals surface area contributed by atoms with Crippen LogP contribution >= 0.6 is 0 Å². The number of rotatable bonds is 4. The first-order chi connectivity index (χ1) is 9.47. The smallest absolute Gasteiger partial charge is 0.107 e. The van der Waals surface area contributed by atoms with E-state index in [9.17, 15) is 5.11 Å². The number of hydrogen-bond donors (Lipinski definition) is 1. The van der Waals surface area contributed by atoms with E-state index in [1.807, 2.05) is 6.07 Å². The predicted molar refractivity (Wildman–Crippen MR) is 84.5 cm³/mol. The van der Waals surface area contributed by atoms with Gasteiger partial charge in [0.25, 0.3) is 0 Å². The van der Waals surface area contributed by atoms with Gasteiger partial charge in [0, 0.05) is 13.1 Å². The normalized spacial score (nSPS) is 18.7. The second-order valence-corrected chi connectivity index (χ2v) is 6.73. The first-order valence-electron chi connectivity index (χ1n) is 7.62. The summed E-state index contributed by atoms with van der Waals surface area (Å²) >= 11 is 0. The van der Waals surface area contributed by atoms with Gasteiger partial charge in [0.05, 0.1) is 0 Å². The summed E-state index contributed by atoms with van der Waals surface area (Å²) in [6, 6.07) is 10.4. The molecule has 0 saturated carbocycles. The van der Waals surface area contributed by atoms with E-state index in [2.05, 4.69) is 56.0 Å². The summed E-state index contributed by atoms with van der Waals surface area (Å²) in [4.78, 5) is 2.18. The second kappa shape index (κ2) is 6.55. The van der Waals surface area contributed by atoms with Gasteiger partial charge in [-0.15, -0.1) is 0 Å². The molecule has 1 N–H and O–H groups in total. The lowest BCUT2D eigenvalue weighted by molar-refractivity contribution is 0.00224. The van der Waals surface area contributed by atoms with Crippen LogP contribution in [0.25, 0.3) is 0 Å². The van der Waals surface area contributed by atoms with Gasteiger partial charge >= 0.3 is 0 Å². The Bertz CT molecular complexity index is 444. The highest BCUT2D eigenvalue weighted by Gasteiger charge is 2.24. The Labute approximate surface area is 123 Å². The molecule has 1 aromatic rings. The molecular formula is C18H27NO. The van der Waals surface area contributed by atoms with Crippen molar-refractivity contribution in [2.45, 2.75) is 46.3 Å². The molecular weight excluding hydrogens is 246 g/mol. The average Bonchev–Trinajstić information content (AvgIpc) is 2.45. The third-order valence-electron chi connectivity index (χ3n) is 4.16. The highest BCUT2D eigenvalue weighted by Crippen LogP contribution is 2.30. The third kappa shape index (κ3) is 4.19.